The van der Waals surface area contributed by atoms with Gasteiger partial charge in [0.1, 0.15) is 0 Å². The van der Waals surface area contributed by atoms with Crippen molar-refractivity contribution < 1.29 is 4.79 Å². The second-order valence-corrected chi connectivity index (χ2v) is 7.05. The van der Waals surface area contributed by atoms with Crippen LogP contribution in [0.1, 0.15) is 41.4 Å². The van der Waals surface area contributed by atoms with Crippen LogP contribution in [0.2, 0.25) is 0 Å². The van der Waals surface area contributed by atoms with Crippen LogP contribution >= 0.6 is 0 Å². The zero-order valence-corrected chi connectivity index (χ0v) is 16.8. The quantitative estimate of drug-likeness (QED) is 0.621. The average Bonchev–Trinajstić information content (AvgIpc) is 2.95. The summed E-state index contributed by atoms with van der Waals surface area (Å²) in [7, 11) is 0. The van der Waals surface area contributed by atoms with Gasteiger partial charge in [0.25, 0.3) is 0 Å². The number of urea groups is 1. The zero-order chi connectivity index (χ0) is 19.9. The summed E-state index contributed by atoms with van der Waals surface area (Å²) >= 11 is 0. The number of carbonyl (C=O) groups excluding carboxylic acids is 1. The second-order valence-electron chi connectivity index (χ2n) is 7.05. The summed E-state index contributed by atoms with van der Waals surface area (Å²) in [5.74, 6) is 0. The fourth-order valence-electron chi connectivity index (χ4n) is 3.29. The van der Waals surface area contributed by atoms with Gasteiger partial charge in [0.15, 0.2) is 0 Å². The third-order valence-corrected chi connectivity index (χ3v) is 4.88. The Hall–Kier alpha value is -3.08. The molecule has 5 nitrogen and oxygen atoms in total. The molecule has 1 heterocycles. The van der Waals surface area contributed by atoms with Gasteiger partial charge in [-0.3, -0.25) is 4.68 Å². The molecule has 5 heteroatoms. The molecule has 0 aliphatic heterocycles. The molecule has 0 fully saturated rings. The van der Waals surface area contributed by atoms with E-state index in [9.17, 15) is 4.79 Å². The van der Waals surface area contributed by atoms with Crippen LogP contribution in [0, 0.1) is 13.8 Å². The molecule has 1 aromatic heterocycles. The Bertz CT molecular complexity index is 914. The zero-order valence-electron chi connectivity index (χ0n) is 16.8. The summed E-state index contributed by atoms with van der Waals surface area (Å²) in [5, 5.41) is 10.5. The minimum atomic E-state index is -0.210. The molecule has 0 aliphatic carbocycles. The SMILES string of the molecule is CCCc1ccc(NC(=O)NCc2c(C)nn(Cc3ccccc3)c2C)cc1. The third kappa shape index (κ3) is 5.00. The van der Waals surface area contributed by atoms with Gasteiger partial charge in [-0.25, -0.2) is 4.79 Å². The molecule has 0 spiro atoms. The maximum absolute atomic E-state index is 12.3. The average molecular weight is 377 g/mol. The van der Waals surface area contributed by atoms with E-state index in [2.05, 4.69) is 46.9 Å². The molecule has 2 aromatic carbocycles. The summed E-state index contributed by atoms with van der Waals surface area (Å²) in [4.78, 5) is 12.3. The lowest BCUT2D eigenvalue weighted by atomic mass is 10.1. The molecule has 0 atom stereocenters. The van der Waals surface area contributed by atoms with Crippen molar-refractivity contribution in [2.45, 2.75) is 46.7 Å². The van der Waals surface area contributed by atoms with Crippen molar-refractivity contribution in [2.24, 2.45) is 0 Å². The Kier molecular flexibility index (Phi) is 6.48. The Morgan fingerprint density at radius 1 is 1.00 bits per heavy atom. The Balaban J connectivity index is 1.58. The number of anilines is 1. The van der Waals surface area contributed by atoms with Gasteiger partial charge in [-0.05, 0) is 43.5 Å². The van der Waals surface area contributed by atoms with E-state index >= 15 is 0 Å². The first-order valence-electron chi connectivity index (χ1n) is 9.77. The van der Waals surface area contributed by atoms with E-state index in [1.54, 1.807) is 0 Å². The number of nitrogens with one attached hydrogen (secondary N) is 2. The van der Waals surface area contributed by atoms with Crippen LogP contribution in [0.15, 0.2) is 54.6 Å². The lowest BCUT2D eigenvalue weighted by Gasteiger charge is -2.09. The van der Waals surface area contributed by atoms with Crippen LogP contribution in [0.5, 0.6) is 0 Å². The molecule has 0 radical (unpaired) electrons. The van der Waals surface area contributed by atoms with Gasteiger partial charge >= 0.3 is 6.03 Å². The lowest BCUT2D eigenvalue weighted by molar-refractivity contribution is 0.251. The van der Waals surface area contributed by atoms with E-state index in [1.807, 2.05) is 48.9 Å². The maximum Gasteiger partial charge on any atom is 0.319 e. The van der Waals surface area contributed by atoms with Gasteiger partial charge in [0.05, 0.1) is 12.2 Å². The number of amides is 2. The summed E-state index contributed by atoms with van der Waals surface area (Å²) in [5.41, 5.74) is 6.36. The number of rotatable bonds is 7. The van der Waals surface area contributed by atoms with Crippen LogP contribution in [-0.2, 0) is 19.5 Å². The van der Waals surface area contributed by atoms with Gasteiger partial charge in [0, 0.05) is 23.5 Å². The molecule has 0 bridgehead atoms. The van der Waals surface area contributed by atoms with Crippen molar-refractivity contribution in [1.82, 2.24) is 15.1 Å². The molecule has 2 amide bonds. The van der Waals surface area contributed by atoms with Crippen LogP contribution in [-0.4, -0.2) is 15.8 Å². The summed E-state index contributed by atoms with van der Waals surface area (Å²) in [6.07, 6.45) is 2.17. The number of aryl methyl sites for hydroxylation is 2. The fraction of sp³-hybridized carbons (Fsp3) is 0.304. The van der Waals surface area contributed by atoms with Crippen LogP contribution in [0.4, 0.5) is 10.5 Å². The normalized spacial score (nSPS) is 10.7. The van der Waals surface area contributed by atoms with E-state index in [1.165, 1.54) is 11.1 Å². The highest BCUT2D eigenvalue weighted by molar-refractivity contribution is 5.89. The first-order valence-corrected chi connectivity index (χ1v) is 9.77. The number of carbonyl (C=O) groups is 1. The summed E-state index contributed by atoms with van der Waals surface area (Å²) in [6, 6.07) is 18.0. The molecule has 0 saturated heterocycles. The highest BCUT2D eigenvalue weighted by Gasteiger charge is 2.13. The lowest BCUT2D eigenvalue weighted by Crippen LogP contribution is -2.28. The van der Waals surface area contributed by atoms with E-state index < -0.39 is 0 Å². The van der Waals surface area contributed by atoms with Crippen LogP contribution in [0.25, 0.3) is 0 Å². The Morgan fingerprint density at radius 3 is 2.39 bits per heavy atom. The highest BCUT2D eigenvalue weighted by atomic mass is 16.2. The number of hydrogen-bond donors (Lipinski definition) is 2. The van der Waals surface area contributed by atoms with Crippen molar-refractivity contribution in [2.75, 3.05) is 5.32 Å². The van der Waals surface area contributed by atoms with Gasteiger partial charge in [-0.2, -0.15) is 5.10 Å². The molecule has 2 N–H and O–H groups in total. The molecular weight excluding hydrogens is 348 g/mol. The number of benzene rings is 2. The van der Waals surface area contributed by atoms with Crippen LogP contribution in [0.3, 0.4) is 0 Å². The van der Waals surface area contributed by atoms with E-state index in [0.717, 1.165) is 42.0 Å². The van der Waals surface area contributed by atoms with E-state index in [4.69, 9.17) is 0 Å². The van der Waals surface area contributed by atoms with Crippen LogP contribution < -0.4 is 10.6 Å². The molecule has 0 saturated carbocycles. The molecule has 3 rings (SSSR count). The second kappa shape index (κ2) is 9.22. The standard InChI is InChI=1S/C23H28N4O/c1-4-8-19-11-13-21(14-12-19)25-23(28)24-15-22-17(2)26-27(18(22)3)16-20-9-6-5-7-10-20/h5-7,9-14H,4,8,15-16H2,1-3H3,(H2,24,25,28). The van der Waals surface area contributed by atoms with Crippen molar-refractivity contribution >= 4 is 11.7 Å². The number of nitrogens with zero attached hydrogens (tertiary/aromatic N) is 2. The van der Waals surface area contributed by atoms with Crippen molar-refractivity contribution in [1.29, 1.82) is 0 Å². The van der Waals surface area contributed by atoms with Gasteiger partial charge in [-0.15, -0.1) is 0 Å². The van der Waals surface area contributed by atoms with Gasteiger partial charge in [0.2, 0.25) is 0 Å². The predicted octanol–water partition coefficient (Wildman–Crippen LogP) is 4.82. The molecule has 0 aliphatic rings. The summed E-state index contributed by atoms with van der Waals surface area (Å²) < 4.78 is 1.99. The molecule has 28 heavy (non-hydrogen) atoms. The minimum absolute atomic E-state index is 0.210. The Morgan fingerprint density at radius 2 is 1.71 bits per heavy atom. The van der Waals surface area contributed by atoms with E-state index in [0.29, 0.717) is 6.54 Å². The first-order chi connectivity index (χ1) is 13.6. The molecule has 146 valence electrons. The van der Waals surface area contributed by atoms with Crippen molar-refractivity contribution in [3.05, 3.63) is 82.7 Å². The van der Waals surface area contributed by atoms with Gasteiger partial charge < -0.3 is 10.6 Å². The molecule has 0 unspecified atom stereocenters. The van der Waals surface area contributed by atoms with Crippen molar-refractivity contribution in [3.8, 4) is 0 Å². The van der Waals surface area contributed by atoms with Crippen molar-refractivity contribution in [3.63, 3.8) is 0 Å². The minimum Gasteiger partial charge on any atom is -0.334 e. The van der Waals surface area contributed by atoms with E-state index in [-0.39, 0.29) is 6.03 Å². The summed E-state index contributed by atoms with van der Waals surface area (Å²) in [6.45, 7) is 7.36. The molecular formula is C23H28N4O. The number of hydrogen-bond acceptors (Lipinski definition) is 2. The maximum atomic E-state index is 12.3. The molecule has 3 aromatic rings. The highest BCUT2D eigenvalue weighted by Crippen LogP contribution is 2.15. The topological polar surface area (TPSA) is 59.0 Å². The van der Waals surface area contributed by atoms with Gasteiger partial charge in [-0.1, -0.05) is 55.8 Å². The number of aromatic nitrogens is 2. The smallest absolute Gasteiger partial charge is 0.319 e. The fourth-order valence-corrected chi connectivity index (χ4v) is 3.29. The monoisotopic (exact) mass is 376 g/mol. The predicted molar refractivity (Wildman–Crippen MR) is 114 cm³/mol. The third-order valence-electron chi connectivity index (χ3n) is 4.88. The first kappa shape index (κ1) is 19.7. The Labute approximate surface area is 166 Å². The largest absolute Gasteiger partial charge is 0.334 e.